The van der Waals surface area contributed by atoms with Crippen molar-refractivity contribution >= 4 is 35.2 Å². The van der Waals surface area contributed by atoms with Crippen LogP contribution in [0, 0.1) is 5.41 Å². The van der Waals surface area contributed by atoms with E-state index in [0.717, 1.165) is 22.6 Å². The van der Waals surface area contributed by atoms with E-state index in [0.29, 0.717) is 5.02 Å². The molecule has 0 spiro atoms. The number of hydrogen-bond acceptors (Lipinski definition) is 3. The summed E-state index contributed by atoms with van der Waals surface area (Å²) in [5.74, 6) is 0.635. The first-order valence-electron chi connectivity index (χ1n) is 7.72. The van der Waals surface area contributed by atoms with Gasteiger partial charge in [-0.2, -0.15) is 0 Å². The molecule has 0 saturated carbocycles. The van der Waals surface area contributed by atoms with Crippen LogP contribution in [-0.4, -0.2) is 23.6 Å². The highest BCUT2D eigenvalue weighted by molar-refractivity contribution is 7.99. The van der Waals surface area contributed by atoms with Gasteiger partial charge in [0, 0.05) is 21.1 Å². The second-order valence-electron chi connectivity index (χ2n) is 6.83. The summed E-state index contributed by atoms with van der Waals surface area (Å²) in [5.41, 5.74) is 0.535. The minimum atomic E-state index is -0.570. The summed E-state index contributed by atoms with van der Waals surface area (Å²) in [5, 5.41) is 6.46. The van der Waals surface area contributed by atoms with Crippen LogP contribution >= 0.6 is 23.4 Å². The number of thioether (sulfide) groups is 1. The molecule has 126 valence electrons. The summed E-state index contributed by atoms with van der Waals surface area (Å²) in [6, 6.07) is 5.13. The molecule has 2 N–H and O–H groups in total. The summed E-state index contributed by atoms with van der Waals surface area (Å²) in [6.45, 7) is 7.17. The topological polar surface area (TPSA) is 58.2 Å². The summed E-state index contributed by atoms with van der Waals surface area (Å²) < 4.78 is 0. The molecule has 4 nitrogen and oxygen atoms in total. The van der Waals surface area contributed by atoms with Crippen molar-refractivity contribution < 1.29 is 9.59 Å². The average molecular weight is 355 g/mol. The van der Waals surface area contributed by atoms with Gasteiger partial charge in [0.1, 0.15) is 6.04 Å². The highest BCUT2D eigenvalue weighted by atomic mass is 35.5. The van der Waals surface area contributed by atoms with Crippen LogP contribution < -0.4 is 10.6 Å². The number of halogens is 1. The smallest absolute Gasteiger partial charge is 0.242 e. The largest absolute Gasteiger partial charge is 0.347 e. The molecule has 23 heavy (non-hydrogen) atoms. The van der Waals surface area contributed by atoms with E-state index in [-0.39, 0.29) is 17.9 Å². The fourth-order valence-corrected chi connectivity index (χ4v) is 3.58. The van der Waals surface area contributed by atoms with E-state index in [1.807, 2.05) is 39.0 Å². The Balaban J connectivity index is 2.04. The fraction of sp³-hybridized carbons (Fsp3) is 0.529. The van der Waals surface area contributed by atoms with Crippen molar-refractivity contribution in [1.82, 2.24) is 10.6 Å². The zero-order valence-electron chi connectivity index (χ0n) is 13.9. The first-order valence-corrected chi connectivity index (χ1v) is 9.08. The number of rotatable bonds is 3. The first kappa shape index (κ1) is 18.1. The van der Waals surface area contributed by atoms with Crippen molar-refractivity contribution in [2.45, 2.75) is 51.1 Å². The molecule has 2 amide bonds. The Bertz CT molecular complexity index is 613. The normalized spacial score (nSPS) is 18.7. The monoisotopic (exact) mass is 354 g/mol. The Hall–Kier alpha value is -1.20. The molecule has 2 atom stereocenters. The van der Waals surface area contributed by atoms with Crippen molar-refractivity contribution in [3.05, 3.63) is 28.8 Å². The van der Waals surface area contributed by atoms with Gasteiger partial charge >= 0.3 is 0 Å². The number of amides is 2. The summed E-state index contributed by atoms with van der Waals surface area (Å²) in [7, 11) is 0. The molecular formula is C17H23ClN2O2S. The van der Waals surface area contributed by atoms with E-state index >= 15 is 0 Å². The Morgan fingerprint density at radius 3 is 2.70 bits per heavy atom. The van der Waals surface area contributed by atoms with Gasteiger partial charge in [-0.15, -0.1) is 11.8 Å². The molecule has 1 aliphatic rings. The summed E-state index contributed by atoms with van der Waals surface area (Å²) in [6.07, 6.45) is 0.851. The van der Waals surface area contributed by atoms with Gasteiger partial charge in [0.25, 0.3) is 0 Å². The van der Waals surface area contributed by atoms with E-state index < -0.39 is 11.5 Å². The van der Waals surface area contributed by atoms with Gasteiger partial charge in [-0.25, -0.2) is 0 Å². The van der Waals surface area contributed by atoms with Crippen molar-refractivity contribution in [3.8, 4) is 0 Å². The maximum Gasteiger partial charge on any atom is 0.242 e. The van der Waals surface area contributed by atoms with E-state index in [1.54, 1.807) is 18.7 Å². The third-order valence-corrected chi connectivity index (χ3v) is 5.11. The quantitative estimate of drug-likeness (QED) is 0.872. The van der Waals surface area contributed by atoms with E-state index in [1.165, 1.54) is 0 Å². The molecule has 1 heterocycles. The molecule has 1 aromatic rings. The van der Waals surface area contributed by atoms with Gasteiger partial charge in [0.05, 0.1) is 6.04 Å². The molecule has 1 aliphatic heterocycles. The zero-order chi connectivity index (χ0) is 17.2. The molecule has 6 heteroatoms. The van der Waals surface area contributed by atoms with Crippen molar-refractivity contribution in [2.24, 2.45) is 5.41 Å². The maximum absolute atomic E-state index is 12.4. The number of fused-ring (bicyclic) bond motifs is 1. The predicted octanol–water partition coefficient (Wildman–Crippen LogP) is 3.54. The Labute approximate surface area is 146 Å². The van der Waals surface area contributed by atoms with Crippen LogP contribution in [0.25, 0.3) is 0 Å². The minimum Gasteiger partial charge on any atom is -0.347 e. The maximum atomic E-state index is 12.4. The van der Waals surface area contributed by atoms with Gasteiger partial charge in [0.2, 0.25) is 11.8 Å². The van der Waals surface area contributed by atoms with Crippen LogP contribution in [0.15, 0.2) is 23.1 Å². The molecule has 0 aliphatic carbocycles. The number of hydrogen-bond donors (Lipinski definition) is 2. The van der Waals surface area contributed by atoms with Crippen LogP contribution in [0.5, 0.6) is 0 Å². The van der Waals surface area contributed by atoms with E-state index in [9.17, 15) is 9.59 Å². The van der Waals surface area contributed by atoms with E-state index in [2.05, 4.69) is 10.6 Å². The third kappa shape index (κ3) is 4.64. The van der Waals surface area contributed by atoms with Crippen LogP contribution in [0.4, 0.5) is 0 Å². The van der Waals surface area contributed by atoms with Crippen LogP contribution in [0.2, 0.25) is 5.02 Å². The second kappa shape index (κ2) is 7.14. The van der Waals surface area contributed by atoms with Gasteiger partial charge in [0.15, 0.2) is 0 Å². The lowest BCUT2D eigenvalue weighted by Crippen LogP contribution is -2.49. The van der Waals surface area contributed by atoms with Gasteiger partial charge < -0.3 is 10.6 Å². The second-order valence-corrected chi connectivity index (χ2v) is 8.40. The molecule has 0 aromatic heterocycles. The summed E-state index contributed by atoms with van der Waals surface area (Å²) >= 11 is 7.85. The third-order valence-electron chi connectivity index (χ3n) is 3.75. The zero-order valence-corrected chi connectivity index (χ0v) is 15.5. The standard InChI is InChI=1S/C17H23ClN2O2S/c1-10(19-16(22)17(2,3)4)15(21)20-13-7-8-23-14-6-5-11(18)9-12(13)14/h5-6,9-10,13H,7-8H2,1-4H3,(H,19,22)(H,20,21). The number of carbonyl (C=O) groups excluding carboxylic acids is 2. The first-order chi connectivity index (χ1) is 10.7. The van der Waals surface area contributed by atoms with Gasteiger partial charge in [-0.05, 0) is 37.1 Å². The SMILES string of the molecule is CC(NC(=O)C(C)(C)C)C(=O)NC1CCSc2ccc(Cl)cc21. The minimum absolute atomic E-state index is 0.0635. The van der Waals surface area contributed by atoms with Crippen LogP contribution in [0.3, 0.4) is 0 Å². The van der Waals surface area contributed by atoms with Crippen molar-refractivity contribution in [3.63, 3.8) is 0 Å². The highest BCUT2D eigenvalue weighted by Gasteiger charge is 2.28. The fourth-order valence-electron chi connectivity index (χ4n) is 2.29. The molecule has 2 rings (SSSR count). The number of benzene rings is 1. The van der Waals surface area contributed by atoms with E-state index in [4.69, 9.17) is 11.6 Å². The lowest BCUT2D eigenvalue weighted by molar-refractivity contribution is -0.133. The Morgan fingerprint density at radius 2 is 2.04 bits per heavy atom. The van der Waals surface area contributed by atoms with Crippen molar-refractivity contribution in [2.75, 3.05) is 5.75 Å². The molecule has 0 fully saturated rings. The number of carbonyl (C=O) groups is 2. The lowest BCUT2D eigenvalue weighted by atomic mass is 9.95. The Morgan fingerprint density at radius 1 is 1.35 bits per heavy atom. The molecule has 1 aromatic carbocycles. The molecular weight excluding hydrogens is 332 g/mol. The van der Waals surface area contributed by atoms with Crippen LogP contribution in [-0.2, 0) is 9.59 Å². The molecule has 0 saturated heterocycles. The average Bonchev–Trinajstić information content (AvgIpc) is 2.46. The lowest BCUT2D eigenvalue weighted by Gasteiger charge is -2.28. The summed E-state index contributed by atoms with van der Waals surface area (Å²) in [4.78, 5) is 25.6. The number of nitrogens with one attached hydrogen (secondary N) is 2. The van der Waals surface area contributed by atoms with Crippen molar-refractivity contribution in [1.29, 1.82) is 0 Å². The Kier molecular flexibility index (Phi) is 5.63. The molecule has 0 bridgehead atoms. The highest BCUT2D eigenvalue weighted by Crippen LogP contribution is 2.37. The van der Waals surface area contributed by atoms with Gasteiger partial charge in [-0.3, -0.25) is 9.59 Å². The predicted molar refractivity (Wildman–Crippen MR) is 94.7 cm³/mol. The van der Waals surface area contributed by atoms with Crippen LogP contribution in [0.1, 0.15) is 45.7 Å². The molecule has 0 radical (unpaired) electrons. The molecule has 2 unspecified atom stereocenters. The van der Waals surface area contributed by atoms with Gasteiger partial charge in [-0.1, -0.05) is 32.4 Å².